The number of nitrogens with zero attached hydrogens (tertiary/aromatic N) is 2. The zero-order valence-corrected chi connectivity index (χ0v) is 23.0. The van der Waals surface area contributed by atoms with Crippen LogP contribution in [0.15, 0.2) is 72.5 Å². The summed E-state index contributed by atoms with van der Waals surface area (Å²) in [4.78, 5) is 44.5. The topological polar surface area (TPSA) is 91.4 Å². The first kappa shape index (κ1) is 30.1. The van der Waals surface area contributed by atoms with Gasteiger partial charge < -0.3 is 15.5 Å². The van der Waals surface area contributed by atoms with Gasteiger partial charge in [0, 0.05) is 29.8 Å². The van der Waals surface area contributed by atoms with E-state index >= 15 is 0 Å². The van der Waals surface area contributed by atoms with E-state index in [2.05, 4.69) is 22.2 Å². The van der Waals surface area contributed by atoms with Crippen molar-refractivity contribution in [2.24, 2.45) is 0 Å². The molecule has 3 atom stereocenters. The number of aromatic nitrogens is 1. The SMILES string of the molecule is C=C1/C=C\C(C(=O)N[C@@H]2CC[C@@H](c3cccc(F)c3F)CN(CC(F)(F)F)C2=O)=C/CCC2(C1)C(=O)Nc1ncccc12. The first-order chi connectivity index (χ1) is 20.4. The van der Waals surface area contributed by atoms with E-state index in [1.54, 1.807) is 24.4 Å². The Labute approximate surface area is 244 Å². The summed E-state index contributed by atoms with van der Waals surface area (Å²) in [6.45, 7) is 1.95. The van der Waals surface area contributed by atoms with Crippen molar-refractivity contribution in [1.82, 2.24) is 15.2 Å². The third kappa shape index (κ3) is 6.23. The average molecular weight is 601 g/mol. The number of carbonyl (C=O) groups is 3. The van der Waals surface area contributed by atoms with Crippen LogP contribution in [-0.2, 0) is 19.8 Å². The number of fused-ring (bicyclic) bond motifs is 2. The van der Waals surface area contributed by atoms with Crippen molar-refractivity contribution in [3.63, 3.8) is 0 Å². The Kier molecular flexibility index (Phi) is 8.22. The molecule has 0 bridgehead atoms. The standard InChI is InChI=1S/C31H29F5N4O3/c1-18-9-10-19(5-3-13-30(15-18)22-7-4-14-37-26(22)39-29(30)43)27(41)38-24-12-11-20(21-6-2-8-23(32)25(21)33)16-40(28(24)42)17-31(34,35)36/h2,4-10,14,20,24H,1,3,11-13,15-17H2,(H,38,41)(H,37,39,43)/b10-9-,19-5+/t20-,24-,30?/m1/s1. The van der Waals surface area contributed by atoms with Crippen molar-refractivity contribution in [3.8, 4) is 0 Å². The number of alkyl halides is 3. The lowest BCUT2D eigenvalue weighted by Gasteiger charge is -2.27. The summed E-state index contributed by atoms with van der Waals surface area (Å²) in [7, 11) is 0. The second-order valence-corrected chi connectivity index (χ2v) is 11.1. The number of hydrogen-bond donors (Lipinski definition) is 2. The van der Waals surface area contributed by atoms with Crippen molar-refractivity contribution < 1.29 is 36.3 Å². The molecule has 0 saturated carbocycles. The molecule has 5 rings (SSSR count). The van der Waals surface area contributed by atoms with Crippen molar-refractivity contribution in [1.29, 1.82) is 0 Å². The Balaban J connectivity index is 1.37. The molecule has 226 valence electrons. The normalized spacial score (nSPS) is 26.4. The number of benzene rings is 1. The maximum atomic E-state index is 14.6. The lowest BCUT2D eigenvalue weighted by Crippen LogP contribution is -2.50. The van der Waals surface area contributed by atoms with Gasteiger partial charge in [0.05, 0.1) is 5.41 Å². The quantitative estimate of drug-likeness (QED) is 0.471. The molecule has 1 aromatic heterocycles. The molecule has 43 heavy (non-hydrogen) atoms. The average Bonchev–Trinajstić information content (AvgIpc) is 3.18. The minimum Gasteiger partial charge on any atom is -0.340 e. The van der Waals surface area contributed by atoms with Gasteiger partial charge in [-0.2, -0.15) is 13.2 Å². The molecule has 2 N–H and O–H groups in total. The molecule has 7 nitrogen and oxygen atoms in total. The van der Waals surface area contributed by atoms with Gasteiger partial charge in [0.25, 0.3) is 5.91 Å². The fraction of sp³-hybridized carbons (Fsp3) is 0.355. The van der Waals surface area contributed by atoms with Gasteiger partial charge in [-0.1, -0.05) is 42.5 Å². The molecule has 0 radical (unpaired) electrons. The second kappa shape index (κ2) is 11.7. The van der Waals surface area contributed by atoms with Crippen LogP contribution in [0.5, 0.6) is 0 Å². The van der Waals surface area contributed by atoms with Gasteiger partial charge in [0.2, 0.25) is 11.8 Å². The molecule has 1 saturated heterocycles. The summed E-state index contributed by atoms with van der Waals surface area (Å²) in [5.74, 6) is -4.65. The number of pyridine rings is 1. The summed E-state index contributed by atoms with van der Waals surface area (Å²) >= 11 is 0. The number of carbonyl (C=O) groups excluding carboxylic acids is 3. The largest absolute Gasteiger partial charge is 0.406 e. The molecule has 1 aliphatic carbocycles. The minimum absolute atomic E-state index is 0.0299. The molecule has 1 aromatic carbocycles. The van der Waals surface area contributed by atoms with Crippen LogP contribution in [0.2, 0.25) is 0 Å². The van der Waals surface area contributed by atoms with E-state index in [0.29, 0.717) is 29.1 Å². The van der Waals surface area contributed by atoms with Crippen LogP contribution in [-0.4, -0.2) is 52.9 Å². The number of amides is 3. The molecule has 3 amide bonds. The molecular formula is C31H29F5N4O3. The number of hydrogen-bond acceptors (Lipinski definition) is 4. The van der Waals surface area contributed by atoms with Crippen LogP contribution in [0.3, 0.4) is 0 Å². The van der Waals surface area contributed by atoms with Crippen LogP contribution in [0.25, 0.3) is 0 Å². The van der Waals surface area contributed by atoms with Gasteiger partial charge >= 0.3 is 6.18 Å². The maximum absolute atomic E-state index is 14.6. The molecular weight excluding hydrogens is 571 g/mol. The minimum atomic E-state index is -4.75. The molecule has 3 aliphatic rings. The summed E-state index contributed by atoms with van der Waals surface area (Å²) in [6.07, 6.45) is 2.36. The number of rotatable bonds is 4. The van der Waals surface area contributed by atoms with Gasteiger partial charge in [-0.15, -0.1) is 0 Å². The van der Waals surface area contributed by atoms with Crippen LogP contribution in [0.4, 0.5) is 27.8 Å². The fourth-order valence-electron chi connectivity index (χ4n) is 6.10. The first-order valence-corrected chi connectivity index (χ1v) is 13.8. The number of halogens is 5. The number of nitrogens with one attached hydrogen (secondary N) is 2. The Morgan fingerprint density at radius 1 is 1.14 bits per heavy atom. The summed E-state index contributed by atoms with van der Waals surface area (Å²) in [5.41, 5.74) is 0.372. The van der Waals surface area contributed by atoms with Crippen molar-refractivity contribution in [2.45, 2.75) is 55.7 Å². The van der Waals surface area contributed by atoms with E-state index in [-0.39, 0.29) is 36.3 Å². The van der Waals surface area contributed by atoms with Gasteiger partial charge in [-0.05, 0) is 55.9 Å². The van der Waals surface area contributed by atoms with E-state index in [4.69, 9.17) is 0 Å². The third-order valence-corrected chi connectivity index (χ3v) is 8.17. The predicted octanol–water partition coefficient (Wildman–Crippen LogP) is 5.23. The van der Waals surface area contributed by atoms with Gasteiger partial charge in [-0.3, -0.25) is 14.4 Å². The zero-order valence-electron chi connectivity index (χ0n) is 23.0. The molecule has 1 unspecified atom stereocenters. The Morgan fingerprint density at radius 3 is 2.70 bits per heavy atom. The van der Waals surface area contributed by atoms with Crippen LogP contribution < -0.4 is 10.6 Å². The molecule has 2 aromatic rings. The molecule has 1 fully saturated rings. The molecule has 1 spiro atoms. The molecule has 12 heteroatoms. The lowest BCUT2D eigenvalue weighted by atomic mass is 9.73. The summed E-state index contributed by atoms with van der Waals surface area (Å²) in [5, 5.41) is 5.36. The molecule has 2 aliphatic heterocycles. The second-order valence-electron chi connectivity index (χ2n) is 11.1. The fourth-order valence-corrected chi connectivity index (χ4v) is 6.10. The highest BCUT2D eigenvalue weighted by molar-refractivity contribution is 6.05. The van der Waals surface area contributed by atoms with E-state index in [1.807, 2.05) is 6.07 Å². The predicted molar refractivity (Wildman–Crippen MR) is 148 cm³/mol. The Bertz CT molecular complexity index is 1540. The van der Waals surface area contributed by atoms with Crippen LogP contribution in [0.1, 0.15) is 49.1 Å². The summed E-state index contributed by atoms with van der Waals surface area (Å²) < 4.78 is 68.8. The summed E-state index contributed by atoms with van der Waals surface area (Å²) in [6, 6.07) is 5.67. The monoisotopic (exact) mass is 600 g/mol. The third-order valence-electron chi connectivity index (χ3n) is 8.17. The lowest BCUT2D eigenvalue weighted by molar-refractivity contribution is -0.162. The van der Waals surface area contributed by atoms with Gasteiger partial charge in [0.1, 0.15) is 18.4 Å². The van der Waals surface area contributed by atoms with E-state index in [0.717, 1.165) is 11.6 Å². The van der Waals surface area contributed by atoms with Crippen molar-refractivity contribution >= 4 is 23.5 Å². The van der Waals surface area contributed by atoms with Crippen LogP contribution in [0, 0.1) is 11.6 Å². The van der Waals surface area contributed by atoms with Crippen LogP contribution >= 0.6 is 0 Å². The maximum Gasteiger partial charge on any atom is 0.406 e. The van der Waals surface area contributed by atoms with Crippen molar-refractivity contribution in [2.75, 3.05) is 18.4 Å². The van der Waals surface area contributed by atoms with Gasteiger partial charge in [-0.25, -0.2) is 13.8 Å². The highest BCUT2D eigenvalue weighted by Gasteiger charge is 2.47. The Morgan fingerprint density at radius 2 is 1.93 bits per heavy atom. The zero-order chi connectivity index (χ0) is 30.9. The highest BCUT2D eigenvalue weighted by atomic mass is 19.4. The van der Waals surface area contributed by atoms with E-state index < -0.39 is 60.1 Å². The Hall–Kier alpha value is -4.35. The number of anilines is 1. The van der Waals surface area contributed by atoms with E-state index in [9.17, 15) is 36.3 Å². The highest BCUT2D eigenvalue weighted by Crippen LogP contribution is 2.45. The molecule has 3 heterocycles. The smallest absolute Gasteiger partial charge is 0.340 e. The first-order valence-electron chi connectivity index (χ1n) is 13.8. The van der Waals surface area contributed by atoms with E-state index in [1.165, 1.54) is 18.2 Å². The van der Waals surface area contributed by atoms with Crippen molar-refractivity contribution in [3.05, 3.63) is 95.2 Å². The van der Waals surface area contributed by atoms with Gasteiger partial charge in [0.15, 0.2) is 11.6 Å². The number of allylic oxidation sites excluding steroid dienone is 3. The number of likely N-dealkylation sites (tertiary alicyclic amines) is 1.